The number of aromatic nitrogens is 2. The van der Waals surface area contributed by atoms with Gasteiger partial charge in [0.2, 0.25) is 0 Å². The van der Waals surface area contributed by atoms with Crippen LogP contribution < -0.4 is 11.4 Å². The maximum absolute atomic E-state index is 11.7. The number of terminal acetylenes is 1. The zero-order valence-electron chi connectivity index (χ0n) is 10.2. The largest absolute Gasteiger partial charge is 0.392 e. The van der Waals surface area contributed by atoms with Gasteiger partial charge < -0.3 is 25.8 Å². The molecule has 0 unspecified atom stereocenters. The van der Waals surface area contributed by atoms with Crippen LogP contribution >= 0.6 is 12.4 Å². The Balaban J connectivity index is 0.00000200. The van der Waals surface area contributed by atoms with Crippen LogP contribution in [0.3, 0.4) is 0 Å². The lowest BCUT2D eigenvalue weighted by Crippen LogP contribution is -2.45. The number of ether oxygens (including phenoxy) is 1. The van der Waals surface area contributed by atoms with Crippen molar-refractivity contribution in [2.24, 2.45) is 0 Å². The van der Waals surface area contributed by atoms with Crippen molar-refractivity contribution in [1.29, 1.82) is 0 Å². The fourth-order valence-electron chi connectivity index (χ4n) is 1.92. The second-order valence-electron chi connectivity index (χ2n) is 4.18. The molecular weight excluding hydrogens is 290 g/mol. The van der Waals surface area contributed by atoms with Crippen LogP contribution in [0.5, 0.6) is 0 Å². The van der Waals surface area contributed by atoms with Gasteiger partial charge in [-0.2, -0.15) is 4.98 Å². The number of nitrogens with two attached hydrogens (primary N) is 1. The molecule has 8 nitrogen and oxygen atoms in total. The SMILES string of the molecule is C#C[C@]1(CO)O[C@@H](n2ccc(N)nc2=O)[C@H](O)[C@@H]1O.Cl. The van der Waals surface area contributed by atoms with Gasteiger partial charge in [0.15, 0.2) is 11.8 Å². The molecule has 0 aliphatic carbocycles. The number of nitrogens with zero attached hydrogens (tertiary/aromatic N) is 2. The second kappa shape index (κ2) is 5.78. The van der Waals surface area contributed by atoms with Crippen molar-refractivity contribution < 1.29 is 20.1 Å². The number of nitrogen functional groups attached to an aromatic ring is 1. The van der Waals surface area contributed by atoms with Crippen molar-refractivity contribution in [2.75, 3.05) is 12.3 Å². The molecule has 0 saturated carbocycles. The Bertz CT molecular complexity index is 586. The van der Waals surface area contributed by atoms with E-state index in [9.17, 15) is 20.1 Å². The topological polar surface area (TPSA) is 131 Å². The number of halogens is 1. The third-order valence-corrected chi connectivity index (χ3v) is 3.03. The molecule has 0 aromatic carbocycles. The van der Waals surface area contributed by atoms with Gasteiger partial charge in [-0.05, 0) is 6.07 Å². The zero-order chi connectivity index (χ0) is 14.2. The smallest absolute Gasteiger partial charge is 0.351 e. The van der Waals surface area contributed by atoms with E-state index in [4.69, 9.17) is 16.9 Å². The van der Waals surface area contributed by atoms with Crippen LogP contribution in [0.25, 0.3) is 0 Å². The molecule has 1 aromatic rings. The number of anilines is 1. The minimum Gasteiger partial charge on any atom is -0.392 e. The van der Waals surface area contributed by atoms with Crippen LogP contribution in [-0.4, -0.2) is 49.3 Å². The van der Waals surface area contributed by atoms with E-state index >= 15 is 0 Å². The van der Waals surface area contributed by atoms with Gasteiger partial charge in [0, 0.05) is 6.20 Å². The second-order valence-corrected chi connectivity index (χ2v) is 4.18. The third-order valence-electron chi connectivity index (χ3n) is 3.03. The Labute approximate surface area is 120 Å². The maximum atomic E-state index is 11.7. The molecule has 2 heterocycles. The fraction of sp³-hybridized carbons (Fsp3) is 0.455. The molecule has 1 saturated heterocycles. The molecule has 5 N–H and O–H groups in total. The van der Waals surface area contributed by atoms with Crippen molar-refractivity contribution >= 4 is 18.2 Å². The first-order valence-corrected chi connectivity index (χ1v) is 5.42. The van der Waals surface area contributed by atoms with Gasteiger partial charge >= 0.3 is 5.69 Å². The number of aliphatic hydroxyl groups is 3. The van der Waals surface area contributed by atoms with E-state index in [2.05, 4.69) is 10.9 Å². The average Bonchev–Trinajstić information content (AvgIpc) is 2.64. The molecule has 1 aromatic heterocycles. The van der Waals surface area contributed by atoms with E-state index in [0.29, 0.717) is 0 Å². The minimum atomic E-state index is -1.76. The lowest BCUT2D eigenvalue weighted by atomic mass is 9.97. The van der Waals surface area contributed by atoms with Crippen molar-refractivity contribution in [1.82, 2.24) is 9.55 Å². The normalized spacial score (nSPS) is 32.4. The van der Waals surface area contributed by atoms with Crippen LogP contribution in [-0.2, 0) is 4.74 Å². The predicted molar refractivity (Wildman–Crippen MR) is 70.9 cm³/mol. The van der Waals surface area contributed by atoms with E-state index in [0.717, 1.165) is 4.57 Å². The maximum Gasteiger partial charge on any atom is 0.351 e. The monoisotopic (exact) mass is 303 g/mol. The van der Waals surface area contributed by atoms with Crippen molar-refractivity contribution in [3.05, 3.63) is 22.7 Å². The number of rotatable bonds is 2. The first kappa shape index (κ1) is 16.4. The van der Waals surface area contributed by atoms with E-state index in [-0.39, 0.29) is 18.2 Å². The predicted octanol–water partition coefficient (Wildman–Crippen LogP) is -2.14. The van der Waals surface area contributed by atoms with Gasteiger partial charge in [0.05, 0.1) is 6.61 Å². The highest BCUT2D eigenvalue weighted by molar-refractivity contribution is 5.85. The van der Waals surface area contributed by atoms with Gasteiger partial charge in [0.1, 0.15) is 18.0 Å². The molecule has 0 bridgehead atoms. The summed E-state index contributed by atoms with van der Waals surface area (Å²) in [6, 6.07) is 1.33. The molecule has 0 spiro atoms. The molecule has 9 heteroatoms. The van der Waals surface area contributed by atoms with Crippen LogP contribution in [0.15, 0.2) is 17.1 Å². The summed E-state index contributed by atoms with van der Waals surface area (Å²) in [6.07, 6.45) is 2.20. The Morgan fingerprint density at radius 1 is 1.60 bits per heavy atom. The number of hydrogen-bond acceptors (Lipinski definition) is 7. The highest BCUT2D eigenvalue weighted by Crippen LogP contribution is 2.35. The minimum absolute atomic E-state index is 0. The fourth-order valence-corrected chi connectivity index (χ4v) is 1.92. The molecular formula is C11H14ClN3O5. The van der Waals surface area contributed by atoms with E-state index < -0.39 is 36.3 Å². The van der Waals surface area contributed by atoms with Gasteiger partial charge in [-0.3, -0.25) is 4.57 Å². The molecule has 1 aliphatic rings. The van der Waals surface area contributed by atoms with Gasteiger partial charge in [0.25, 0.3) is 0 Å². The molecule has 0 radical (unpaired) electrons. The van der Waals surface area contributed by atoms with Crippen LogP contribution in [0.2, 0.25) is 0 Å². The summed E-state index contributed by atoms with van der Waals surface area (Å²) in [5.41, 5.74) is 2.82. The molecule has 4 atom stereocenters. The first-order valence-electron chi connectivity index (χ1n) is 5.42. The van der Waals surface area contributed by atoms with E-state index in [1.165, 1.54) is 12.3 Å². The molecule has 1 aliphatic heterocycles. The van der Waals surface area contributed by atoms with E-state index in [1.54, 1.807) is 0 Å². The molecule has 110 valence electrons. The average molecular weight is 304 g/mol. The summed E-state index contributed by atoms with van der Waals surface area (Å²) in [5, 5.41) is 29.0. The number of hydrogen-bond donors (Lipinski definition) is 4. The van der Waals surface area contributed by atoms with Crippen LogP contribution in [0.1, 0.15) is 6.23 Å². The lowest BCUT2D eigenvalue weighted by molar-refractivity contribution is -0.0935. The van der Waals surface area contributed by atoms with Crippen molar-refractivity contribution in [3.63, 3.8) is 0 Å². The summed E-state index contributed by atoms with van der Waals surface area (Å²) in [6.45, 7) is -0.699. The first-order chi connectivity index (χ1) is 8.95. The number of aliphatic hydroxyl groups excluding tert-OH is 3. The van der Waals surface area contributed by atoms with Crippen molar-refractivity contribution in [3.8, 4) is 12.3 Å². The Hall–Kier alpha value is -1.63. The zero-order valence-corrected chi connectivity index (χ0v) is 11.0. The molecule has 0 amide bonds. The van der Waals surface area contributed by atoms with Crippen LogP contribution in [0, 0.1) is 12.3 Å². The summed E-state index contributed by atoms with van der Waals surface area (Å²) in [5.74, 6) is 2.11. The van der Waals surface area contributed by atoms with Crippen LogP contribution in [0.4, 0.5) is 5.82 Å². The summed E-state index contributed by atoms with van der Waals surface area (Å²) < 4.78 is 6.22. The highest BCUT2D eigenvalue weighted by Gasteiger charge is 2.54. The molecule has 1 fully saturated rings. The Morgan fingerprint density at radius 3 is 2.70 bits per heavy atom. The Morgan fingerprint density at radius 2 is 2.25 bits per heavy atom. The van der Waals surface area contributed by atoms with Gasteiger partial charge in [-0.25, -0.2) is 4.79 Å². The Kier molecular flexibility index (Phi) is 4.75. The summed E-state index contributed by atoms with van der Waals surface area (Å²) in [4.78, 5) is 15.1. The standard InChI is InChI=1S/C11H13N3O5.ClH/c1-2-11(5-15)8(17)7(16)9(19-11)14-4-3-6(12)13-10(14)18;/h1,3-4,7-9,15-17H,5H2,(H2,12,13,18);1H/t7-,8+,9-,11-;/m1./s1. The quantitative estimate of drug-likeness (QED) is 0.459. The van der Waals surface area contributed by atoms with Crippen molar-refractivity contribution in [2.45, 2.75) is 24.0 Å². The summed E-state index contributed by atoms with van der Waals surface area (Å²) in [7, 11) is 0. The van der Waals surface area contributed by atoms with E-state index in [1.807, 2.05) is 0 Å². The third kappa shape index (κ3) is 2.37. The molecule has 2 rings (SSSR count). The van der Waals surface area contributed by atoms with Gasteiger partial charge in [-0.15, -0.1) is 18.8 Å². The highest BCUT2D eigenvalue weighted by atomic mass is 35.5. The van der Waals surface area contributed by atoms with Gasteiger partial charge in [-0.1, -0.05) is 5.92 Å². The molecule has 20 heavy (non-hydrogen) atoms. The lowest BCUT2D eigenvalue weighted by Gasteiger charge is -2.23. The summed E-state index contributed by atoms with van der Waals surface area (Å²) >= 11 is 0.